The summed E-state index contributed by atoms with van der Waals surface area (Å²) in [7, 11) is 0. The van der Waals surface area contributed by atoms with Crippen LogP contribution in [0.2, 0.25) is 0 Å². The molecule has 6 heteroatoms. The van der Waals surface area contributed by atoms with E-state index in [1.807, 2.05) is 0 Å². The third-order valence-electron chi connectivity index (χ3n) is 2.59. The van der Waals surface area contributed by atoms with Crippen LogP contribution in [0, 0.1) is 0 Å². The Hall–Kier alpha value is -2.08. The fourth-order valence-electron chi connectivity index (χ4n) is 1.64. The van der Waals surface area contributed by atoms with Gasteiger partial charge < -0.3 is 19.2 Å². The third-order valence-corrected chi connectivity index (χ3v) is 2.59. The summed E-state index contributed by atoms with van der Waals surface area (Å²) >= 11 is 0. The van der Waals surface area contributed by atoms with Crippen LogP contribution >= 0.6 is 0 Å². The van der Waals surface area contributed by atoms with Crippen molar-refractivity contribution in [2.45, 2.75) is 6.10 Å². The van der Waals surface area contributed by atoms with Crippen molar-refractivity contribution in [1.29, 1.82) is 0 Å². The zero-order valence-electron chi connectivity index (χ0n) is 9.61. The smallest absolute Gasteiger partial charge is 0.334 e. The first-order valence-corrected chi connectivity index (χ1v) is 5.52. The summed E-state index contributed by atoms with van der Waals surface area (Å²) in [5, 5.41) is 8.82. The Morgan fingerprint density at radius 2 is 2.33 bits per heavy atom. The van der Waals surface area contributed by atoms with E-state index in [1.54, 1.807) is 18.2 Å². The van der Waals surface area contributed by atoms with Crippen molar-refractivity contribution >= 4 is 18.0 Å². The molecule has 6 nitrogen and oxygen atoms in total. The van der Waals surface area contributed by atoms with E-state index in [4.69, 9.17) is 14.3 Å². The molecule has 1 amide bonds. The van der Waals surface area contributed by atoms with Crippen molar-refractivity contribution in [2.75, 3.05) is 19.7 Å². The Labute approximate surface area is 103 Å². The minimum Gasteiger partial charge on any atom is -0.479 e. The van der Waals surface area contributed by atoms with Crippen molar-refractivity contribution in [3.05, 3.63) is 30.2 Å². The van der Waals surface area contributed by atoms with Crippen LogP contribution in [-0.2, 0) is 14.3 Å². The number of carboxylic acids is 1. The zero-order chi connectivity index (χ0) is 13.0. The van der Waals surface area contributed by atoms with Gasteiger partial charge in [0.25, 0.3) is 0 Å². The van der Waals surface area contributed by atoms with Gasteiger partial charge in [0.2, 0.25) is 5.91 Å². The monoisotopic (exact) mass is 251 g/mol. The first-order chi connectivity index (χ1) is 8.66. The Balaban J connectivity index is 1.94. The average Bonchev–Trinajstić information content (AvgIpc) is 2.89. The van der Waals surface area contributed by atoms with Crippen LogP contribution < -0.4 is 0 Å². The van der Waals surface area contributed by atoms with E-state index in [-0.39, 0.29) is 19.1 Å². The van der Waals surface area contributed by atoms with Crippen molar-refractivity contribution in [3.63, 3.8) is 0 Å². The Kier molecular flexibility index (Phi) is 3.78. The van der Waals surface area contributed by atoms with Crippen LogP contribution in [0.3, 0.4) is 0 Å². The number of furan rings is 1. The highest BCUT2D eigenvalue weighted by Gasteiger charge is 2.27. The quantitative estimate of drug-likeness (QED) is 0.796. The first kappa shape index (κ1) is 12.4. The van der Waals surface area contributed by atoms with Crippen LogP contribution in [0.4, 0.5) is 0 Å². The topological polar surface area (TPSA) is 80.0 Å². The van der Waals surface area contributed by atoms with Gasteiger partial charge in [-0.3, -0.25) is 4.79 Å². The van der Waals surface area contributed by atoms with Crippen molar-refractivity contribution in [3.8, 4) is 0 Å². The van der Waals surface area contributed by atoms with Gasteiger partial charge in [-0.2, -0.15) is 0 Å². The molecular weight excluding hydrogens is 238 g/mol. The van der Waals surface area contributed by atoms with E-state index in [9.17, 15) is 9.59 Å². The van der Waals surface area contributed by atoms with Crippen molar-refractivity contribution < 1.29 is 23.8 Å². The minimum absolute atomic E-state index is 0.0661. The highest BCUT2D eigenvalue weighted by molar-refractivity contribution is 5.91. The minimum atomic E-state index is -1.05. The molecule has 0 bridgehead atoms. The van der Waals surface area contributed by atoms with Crippen LogP contribution in [0.15, 0.2) is 28.9 Å². The number of nitrogens with zero attached hydrogens (tertiary/aromatic N) is 1. The molecule has 1 fully saturated rings. The van der Waals surface area contributed by atoms with Crippen LogP contribution in [-0.4, -0.2) is 47.7 Å². The van der Waals surface area contributed by atoms with E-state index in [0.29, 0.717) is 12.3 Å². The fraction of sp³-hybridized carbons (Fsp3) is 0.333. The number of aliphatic carboxylic acids is 1. The molecule has 1 aromatic heterocycles. The average molecular weight is 251 g/mol. The number of carbonyl (C=O) groups excluding carboxylic acids is 1. The van der Waals surface area contributed by atoms with Gasteiger partial charge in [0.05, 0.1) is 19.4 Å². The second kappa shape index (κ2) is 5.50. The van der Waals surface area contributed by atoms with Gasteiger partial charge in [0.15, 0.2) is 6.10 Å². The van der Waals surface area contributed by atoms with Crippen LogP contribution in [0.1, 0.15) is 5.76 Å². The molecule has 0 aromatic carbocycles. The van der Waals surface area contributed by atoms with Gasteiger partial charge in [-0.1, -0.05) is 0 Å². The summed E-state index contributed by atoms with van der Waals surface area (Å²) in [6, 6.07) is 3.45. The molecular formula is C12H13NO5. The molecule has 1 saturated heterocycles. The Morgan fingerprint density at radius 1 is 1.50 bits per heavy atom. The van der Waals surface area contributed by atoms with E-state index < -0.39 is 12.1 Å². The number of amides is 1. The summed E-state index contributed by atoms with van der Waals surface area (Å²) in [6.45, 7) is 0.694. The molecule has 1 atom stereocenters. The van der Waals surface area contributed by atoms with Gasteiger partial charge in [-0.05, 0) is 18.2 Å². The maximum absolute atomic E-state index is 11.8. The number of morpholine rings is 1. The maximum Gasteiger partial charge on any atom is 0.334 e. The lowest BCUT2D eigenvalue weighted by atomic mass is 10.2. The summed E-state index contributed by atoms with van der Waals surface area (Å²) < 4.78 is 10.1. The van der Waals surface area contributed by atoms with Gasteiger partial charge in [0, 0.05) is 12.6 Å². The normalized spacial score (nSPS) is 20.2. The van der Waals surface area contributed by atoms with Gasteiger partial charge in [-0.15, -0.1) is 0 Å². The molecule has 2 heterocycles. The molecule has 18 heavy (non-hydrogen) atoms. The van der Waals surface area contributed by atoms with Crippen molar-refractivity contribution in [2.24, 2.45) is 0 Å². The van der Waals surface area contributed by atoms with E-state index >= 15 is 0 Å². The molecule has 0 radical (unpaired) electrons. The molecule has 1 N–H and O–H groups in total. The molecule has 96 valence electrons. The Morgan fingerprint density at radius 3 is 3.00 bits per heavy atom. The standard InChI is InChI=1S/C12H13NO5/c14-11(4-3-9-2-1-6-17-9)13-5-7-18-10(8-13)12(15)16/h1-4,6,10H,5,7-8H2,(H,15,16)/b4-3+/t10-/m0/s1. The summed E-state index contributed by atoms with van der Waals surface area (Å²) in [4.78, 5) is 24.0. The van der Waals surface area contributed by atoms with Gasteiger partial charge in [-0.25, -0.2) is 4.79 Å². The largest absolute Gasteiger partial charge is 0.479 e. The second-order valence-corrected chi connectivity index (χ2v) is 3.83. The second-order valence-electron chi connectivity index (χ2n) is 3.83. The maximum atomic E-state index is 11.8. The lowest BCUT2D eigenvalue weighted by Gasteiger charge is -2.29. The summed E-state index contributed by atoms with van der Waals surface area (Å²) in [5.41, 5.74) is 0. The number of carbonyl (C=O) groups is 2. The molecule has 0 aliphatic carbocycles. The van der Waals surface area contributed by atoms with Gasteiger partial charge in [0.1, 0.15) is 5.76 Å². The molecule has 0 spiro atoms. The van der Waals surface area contributed by atoms with Crippen molar-refractivity contribution in [1.82, 2.24) is 4.90 Å². The van der Waals surface area contributed by atoms with Gasteiger partial charge >= 0.3 is 5.97 Å². The lowest BCUT2D eigenvalue weighted by molar-refractivity contribution is -0.158. The number of carboxylic acid groups (broad SMARTS) is 1. The highest BCUT2D eigenvalue weighted by atomic mass is 16.5. The molecule has 1 aromatic rings. The van der Waals surface area contributed by atoms with Crippen LogP contribution in [0.25, 0.3) is 6.08 Å². The number of ether oxygens (including phenoxy) is 1. The first-order valence-electron chi connectivity index (χ1n) is 5.52. The zero-order valence-corrected chi connectivity index (χ0v) is 9.61. The van der Waals surface area contributed by atoms with E-state index in [0.717, 1.165) is 0 Å². The Bertz CT molecular complexity index is 451. The number of hydrogen-bond acceptors (Lipinski definition) is 4. The molecule has 1 aliphatic rings. The predicted molar refractivity (Wildman–Crippen MR) is 61.7 cm³/mol. The third kappa shape index (κ3) is 2.98. The van der Waals surface area contributed by atoms with E-state index in [2.05, 4.69) is 0 Å². The SMILES string of the molecule is O=C(O)[C@@H]1CN(C(=O)/C=C/c2ccco2)CCO1. The number of rotatable bonds is 3. The molecule has 2 rings (SSSR count). The van der Waals surface area contributed by atoms with Crippen LogP contribution in [0.5, 0.6) is 0 Å². The predicted octanol–water partition coefficient (Wildman–Crippen LogP) is 0.605. The molecule has 0 saturated carbocycles. The molecule has 0 unspecified atom stereocenters. The lowest BCUT2D eigenvalue weighted by Crippen LogP contribution is -2.48. The summed E-state index contributed by atoms with van der Waals surface area (Å²) in [6.07, 6.45) is 3.48. The summed E-state index contributed by atoms with van der Waals surface area (Å²) in [5.74, 6) is -0.727. The fourth-order valence-corrected chi connectivity index (χ4v) is 1.64. The van der Waals surface area contributed by atoms with E-state index in [1.165, 1.54) is 17.2 Å². The number of hydrogen-bond donors (Lipinski definition) is 1. The highest BCUT2D eigenvalue weighted by Crippen LogP contribution is 2.08. The molecule has 1 aliphatic heterocycles.